The number of hydrogen-bond donors (Lipinski definition) is 2. The number of hydrogen-bond acceptors (Lipinski definition) is 4. The molecular weight excluding hydrogens is 436 g/mol. The van der Waals surface area contributed by atoms with Gasteiger partial charge in [0.1, 0.15) is 0 Å². The second-order valence-corrected chi connectivity index (χ2v) is 15.3. The van der Waals surface area contributed by atoms with Crippen LogP contribution in [0.25, 0.3) is 0 Å². The minimum atomic E-state index is -0.755. The van der Waals surface area contributed by atoms with E-state index in [2.05, 4.69) is 54.5 Å². The standard InChI is InChI=1S/C31H48O4/c1-17-8-11-31-13-12-29(6)20(23(31)18(17)2)14-19(26(34)35-16-31)24-28(5)15-21(32)25(33)27(3,4)22(28)9-10-30(24,29)7/h14,17-19,21-25,32-33H,8-13,15-16H2,1-7H3/t17-,18+,19?,21-,22?,23+,24-,25+,28+,29-,30-,31-/m1/s1. The molecule has 35 heavy (non-hydrogen) atoms. The second-order valence-electron chi connectivity index (χ2n) is 15.3. The molecule has 6 rings (SSSR count). The van der Waals surface area contributed by atoms with Crippen molar-refractivity contribution in [3.8, 4) is 0 Å². The summed E-state index contributed by atoms with van der Waals surface area (Å²) in [5.41, 5.74) is 1.09. The number of cyclic esters (lactones) is 1. The zero-order valence-electron chi connectivity index (χ0n) is 23.1. The van der Waals surface area contributed by atoms with Gasteiger partial charge in [0.25, 0.3) is 0 Å². The van der Waals surface area contributed by atoms with E-state index >= 15 is 0 Å². The van der Waals surface area contributed by atoms with Crippen molar-refractivity contribution in [2.45, 2.75) is 106 Å². The molecular formula is C31H48O4. The molecule has 6 aliphatic rings. The van der Waals surface area contributed by atoms with E-state index in [1.165, 1.54) is 19.3 Å². The van der Waals surface area contributed by atoms with Crippen molar-refractivity contribution in [2.24, 2.45) is 62.6 Å². The first-order chi connectivity index (χ1) is 16.2. The minimum Gasteiger partial charge on any atom is -0.465 e. The predicted octanol–water partition coefficient (Wildman–Crippen LogP) is 5.76. The van der Waals surface area contributed by atoms with E-state index in [0.717, 1.165) is 19.3 Å². The molecule has 1 heterocycles. The lowest BCUT2D eigenvalue weighted by molar-refractivity contribution is -0.249. The van der Waals surface area contributed by atoms with Crippen molar-refractivity contribution in [3.63, 3.8) is 0 Å². The topological polar surface area (TPSA) is 66.8 Å². The third-order valence-corrected chi connectivity index (χ3v) is 13.8. The summed E-state index contributed by atoms with van der Waals surface area (Å²) in [7, 11) is 0. The van der Waals surface area contributed by atoms with Crippen LogP contribution in [0.2, 0.25) is 0 Å². The van der Waals surface area contributed by atoms with E-state index in [0.29, 0.717) is 30.8 Å². The minimum absolute atomic E-state index is 0.0337. The molecule has 0 amide bonds. The largest absolute Gasteiger partial charge is 0.465 e. The first-order valence-electron chi connectivity index (χ1n) is 14.5. The highest BCUT2D eigenvalue weighted by molar-refractivity contribution is 5.76. The van der Waals surface area contributed by atoms with E-state index < -0.39 is 12.2 Å². The van der Waals surface area contributed by atoms with Crippen LogP contribution in [0, 0.1) is 62.6 Å². The van der Waals surface area contributed by atoms with Gasteiger partial charge < -0.3 is 14.9 Å². The number of ether oxygens (including phenoxy) is 1. The van der Waals surface area contributed by atoms with Gasteiger partial charge in [-0.2, -0.15) is 0 Å². The van der Waals surface area contributed by atoms with Crippen LogP contribution in [0.5, 0.6) is 0 Å². The predicted molar refractivity (Wildman–Crippen MR) is 136 cm³/mol. The Balaban J connectivity index is 1.56. The van der Waals surface area contributed by atoms with Gasteiger partial charge in [0.05, 0.1) is 24.7 Å². The van der Waals surface area contributed by atoms with Crippen LogP contribution in [0.1, 0.15) is 93.4 Å². The number of fused-ring (bicyclic) bond motifs is 6. The summed E-state index contributed by atoms with van der Waals surface area (Å²) in [6.07, 6.45) is 8.35. The highest BCUT2D eigenvalue weighted by Gasteiger charge is 2.72. The van der Waals surface area contributed by atoms with Gasteiger partial charge in [-0.15, -0.1) is 0 Å². The Bertz CT molecular complexity index is 969. The van der Waals surface area contributed by atoms with Gasteiger partial charge in [-0.05, 0) is 96.2 Å². The molecule has 4 saturated carbocycles. The maximum atomic E-state index is 13.9. The molecule has 0 aromatic rings. The van der Waals surface area contributed by atoms with E-state index in [9.17, 15) is 15.0 Å². The molecule has 1 aliphatic heterocycles. The molecule has 3 bridgehead atoms. The Labute approximate surface area is 212 Å². The maximum Gasteiger partial charge on any atom is 0.313 e. The number of aliphatic hydroxyl groups is 2. The Morgan fingerprint density at radius 1 is 0.971 bits per heavy atom. The van der Waals surface area contributed by atoms with Gasteiger partial charge in [0.2, 0.25) is 0 Å². The van der Waals surface area contributed by atoms with Gasteiger partial charge >= 0.3 is 5.97 Å². The van der Waals surface area contributed by atoms with Gasteiger partial charge in [-0.3, -0.25) is 4.79 Å². The highest BCUT2D eigenvalue weighted by atomic mass is 16.5. The van der Waals surface area contributed by atoms with E-state index in [1.54, 1.807) is 5.57 Å². The Morgan fingerprint density at radius 3 is 2.40 bits per heavy atom. The lowest BCUT2D eigenvalue weighted by Gasteiger charge is -2.73. The molecule has 0 spiro atoms. The van der Waals surface area contributed by atoms with Gasteiger partial charge in [-0.1, -0.05) is 60.1 Å². The summed E-state index contributed by atoms with van der Waals surface area (Å²) in [4.78, 5) is 13.9. The smallest absolute Gasteiger partial charge is 0.313 e. The SMILES string of the molecule is C[C@H]1[C@H](C)CC[C@@]23CC[C@]4(C)C(=CC(C(=O)OC2)[C@@H]2[C@@]5(C)C[C@@H](O)[C@H](O)C(C)(C)C5CC[C@]24C)[C@H]13. The third kappa shape index (κ3) is 2.75. The monoisotopic (exact) mass is 484 g/mol. The van der Waals surface area contributed by atoms with Crippen molar-refractivity contribution in [1.29, 1.82) is 0 Å². The van der Waals surface area contributed by atoms with Crippen molar-refractivity contribution in [3.05, 3.63) is 11.6 Å². The maximum absolute atomic E-state index is 13.9. The molecule has 0 saturated heterocycles. The number of allylic oxidation sites excluding steroid dienone is 1. The van der Waals surface area contributed by atoms with Crippen LogP contribution in [0.3, 0.4) is 0 Å². The quantitative estimate of drug-likeness (QED) is 0.339. The Morgan fingerprint density at radius 2 is 1.69 bits per heavy atom. The lowest BCUT2D eigenvalue weighted by Crippen LogP contribution is -2.70. The van der Waals surface area contributed by atoms with Crippen molar-refractivity contribution < 1.29 is 19.7 Å². The third-order valence-electron chi connectivity index (χ3n) is 13.8. The Kier molecular flexibility index (Phi) is 5.00. The van der Waals surface area contributed by atoms with Crippen LogP contribution >= 0.6 is 0 Å². The molecule has 196 valence electrons. The first kappa shape index (κ1) is 24.5. The number of carbonyl (C=O) groups is 1. The van der Waals surface area contributed by atoms with Crippen LogP contribution in [0.4, 0.5) is 0 Å². The first-order valence-corrected chi connectivity index (χ1v) is 14.5. The summed E-state index contributed by atoms with van der Waals surface area (Å²) in [5.74, 6) is 1.88. The normalized spacial score (nSPS) is 58.7. The Hall–Kier alpha value is -0.870. The summed E-state index contributed by atoms with van der Waals surface area (Å²) < 4.78 is 6.30. The molecule has 4 fully saturated rings. The van der Waals surface area contributed by atoms with E-state index in [1.807, 2.05) is 0 Å². The van der Waals surface area contributed by atoms with Crippen molar-refractivity contribution in [2.75, 3.05) is 6.61 Å². The van der Waals surface area contributed by atoms with Crippen molar-refractivity contribution in [1.82, 2.24) is 0 Å². The fourth-order valence-corrected chi connectivity index (χ4v) is 11.7. The van der Waals surface area contributed by atoms with Gasteiger partial charge in [0, 0.05) is 5.41 Å². The second kappa shape index (κ2) is 7.16. The number of aliphatic hydroxyl groups excluding tert-OH is 2. The number of carbonyl (C=O) groups excluding carboxylic acids is 1. The lowest BCUT2D eigenvalue weighted by atomic mass is 9.31. The number of esters is 1. The van der Waals surface area contributed by atoms with Crippen LogP contribution in [0.15, 0.2) is 11.6 Å². The highest BCUT2D eigenvalue weighted by Crippen LogP contribution is 2.77. The molecule has 4 heteroatoms. The fourth-order valence-electron chi connectivity index (χ4n) is 11.7. The summed E-state index contributed by atoms with van der Waals surface area (Å²) >= 11 is 0. The molecule has 0 radical (unpaired) electrons. The van der Waals surface area contributed by atoms with Crippen LogP contribution < -0.4 is 0 Å². The van der Waals surface area contributed by atoms with Gasteiger partial charge in [-0.25, -0.2) is 0 Å². The summed E-state index contributed by atoms with van der Waals surface area (Å²) in [6.45, 7) is 17.1. The number of rotatable bonds is 0. The molecule has 2 unspecified atom stereocenters. The molecule has 0 aromatic heterocycles. The van der Waals surface area contributed by atoms with Crippen LogP contribution in [-0.2, 0) is 9.53 Å². The van der Waals surface area contributed by atoms with E-state index in [4.69, 9.17) is 4.74 Å². The van der Waals surface area contributed by atoms with Crippen LogP contribution in [-0.4, -0.2) is 35.0 Å². The summed E-state index contributed by atoms with van der Waals surface area (Å²) in [5, 5.41) is 22.1. The molecule has 0 aromatic carbocycles. The van der Waals surface area contributed by atoms with Crippen molar-refractivity contribution >= 4 is 5.97 Å². The summed E-state index contributed by atoms with van der Waals surface area (Å²) in [6, 6.07) is 0. The average Bonchev–Trinajstić information content (AvgIpc) is 2.78. The zero-order valence-corrected chi connectivity index (χ0v) is 23.1. The molecule has 12 atom stereocenters. The van der Waals surface area contributed by atoms with E-state index in [-0.39, 0.29) is 50.8 Å². The average molecular weight is 485 g/mol. The van der Waals surface area contributed by atoms with Gasteiger partial charge in [0.15, 0.2) is 0 Å². The molecule has 2 N–H and O–H groups in total. The molecule has 4 nitrogen and oxygen atoms in total. The fraction of sp³-hybridized carbons (Fsp3) is 0.903. The molecule has 5 aliphatic carbocycles. The zero-order chi connectivity index (χ0) is 25.3.